The van der Waals surface area contributed by atoms with Gasteiger partial charge in [-0.25, -0.2) is 0 Å². The first kappa shape index (κ1) is 44.9. The number of carboxylic acid groups (broad SMARTS) is 2. The van der Waals surface area contributed by atoms with Gasteiger partial charge in [0.2, 0.25) is 11.8 Å². The standard InChI is InChI=1S/C58H50N2O8/c1-37(47-25-13-17-41-15-9-11-23-49(41)47)59(35-39-27-31-45(32-28-39)67-43-19-5-3-6-20-43)55(61)51-53(57(63)64)52(54(51)58(65)66)56(62)60(38(2)48-26-14-18-42-16-10-12-24-50(42)48)36-40-29-33-46(34-30-40)68-44-21-7-4-8-22-44/h3-34,37-38,51-54H,35-36H2,1-2H3,(H,63,64)(H,65,66)/t37-,38-,51-,52-,53-,54-/m1/s1. The second-order valence-corrected chi connectivity index (χ2v) is 17.3. The molecule has 0 unspecified atom stereocenters. The molecule has 1 saturated carbocycles. The molecule has 340 valence electrons. The van der Waals surface area contributed by atoms with Crippen molar-refractivity contribution in [2.24, 2.45) is 23.7 Å². The van der Waals surface area contributed by atoms with Gasteiger partial charge in [-0.3, -0.25) is 19.2 Å². The first-order valence-corrected chi connectivity index (χ1v) is 22.7. The molecule has 0 spiro atoms. The molecule has 68 heavy (non-hydrogen) atoms. The smallest absolute Gasteiger partial charge is 0.308 e. The molecule has 0 bridgehead atoms. The lowest BCUT2D eigenvalue weighted by Gasteiger charge is -2.49. The molecule has 2 atom stereocenters. The average molecular weight is 903 g/mol. The van der Waals surface area contributed by atoms with Gasteiger partial charge in [0.15, 0.2) is 0 Å². The third-order valence-corrected chi connectivity index (χ3v) is 13.2. The van der Waals surface area contributed by atoms with Crippen molar-refractivity contribution < 1.29 is 38.9 Å². The summed E-state index contributed by atoms with van der Waals surface area (Å²) in [6.45, 7) is 3.78. The van der Waals surface area contributed by atoms with E-state index < -0.39 is 59.5 Å². The quantitative estimate of drug-likeness (QED) is 0.0979. The summed E-state index contributed by atoms with van der Waals surface area (Å²) in [5.41, 5.74) is 3.04. The van der Waals surface area contributed by atoms with E-state index in [1.54, 1.807) is 34.1 Å². The van der Waals surface area contributed by atoms with Crippen molar-refractivity contribution in [1.29, 1.82) is 0 Å². The Balaban J connectivity index is 1.06. The van der Waals surface area contributed by atoms with E-state index in [0.717, 1.165) is 32.7 Å². The van der Waals surface area contributed by atoms with Crippen LogP contribution in [-0.2, 0) is 32.3 Å². The van der Waals surface area contributed by atoms with Crippen LogP contribution in [0.3, 0.4) is 0 Å². The lowest BCUT2D eigenvalue weighted by atomic mass is 9.55. The summed E-state index contributed by atoms with van der Waals surface area (Å²) in [6, 6.07) is 59.1. The summed E-state index contributed by atoms with van der Waals surface area (Å²) < 4.78 is 12.1. The van der Waals surface area contributed by atoms with Crippen LogP contribution in [0, 0.1) is 23.7 Å². The lowest BCUT2D eigenvalue weighted by molar-refractivity contribution is -0.189. The Kier molecular flexibility index (Phi) is 13.0. The van der Waals surface area contributed by atoms with Crippen LogP contribution >= 0.6 is 0 Å². The minimum Gasteiger partial charge on any atom is -0.481 e. The summed E-state index contributed by atoms with van der Waals surface area (Å²) in [5, 5.41) is 25.8. The number of hydrogen-bond donors (Lipinski definition) is 2. The summed E-state index contributed by atoms with van der Waals surface area (Å²) in [6.07, 6.45) is 0. The van der Waals surface area contributed by atoms with Crippen molar-refractivity contribution >= 4 is 45.3 Å². The molecule has 2 N–H and O–H groups in total. The monoisotopic (exact) mass is 902 g/mol. The van der Waals surface area contributed by atoms with Crippen molar-refractivity contribution in [2.75, 3.05) is 0 Å². The third kappa shape index (κ3) is 9.26. The second kappa shape index (κ2) is 19.7. The van der Waals surface area contributed by atoms with Gasteiger partial charge in [0, 0.05) is 13.1 Å². The number of ether oxygens (including phenoxy) is 2. The Labute approximate surface area is 394 Å². The first-order chi connectivity index (χ1) is 33.0. The highest BCUT2D eigenvalue weighted by Crippen LogP contribution is 2.51. The molecule has 2 amide bonds. The van der Waals surface area contributed by atoms with Crippen LogP contribution in [0.5, 0.6) is 23.0 Å². The number of aliphatic carboxylic acids is 2. The molecular formula is C58H50N2O8. The number of para-hydroxylation sites is 2. The Morgan fingerprint density at radius 2 is 0.735 bits per heavy atom. The largest absolute Gasteiger partial charge is 0.481 e. The van der Waals surface area contributed by atoms with Gasteiger partial charge in [-0.1, -0.05) is 146 Å². The van der Waals surface area contributed by atoms with Gasteiger partial charge >= 0.3 is 11.9 Å². The van der Waals surface area contributed by atoms with Crippen molar-refractivity contribution in [1.82, 2.24) is 9.80 Å². The molecule has 9 rings (SSSR count). The van der Waals surface area contributed by atoms with E-state index in [9.17, 15) is 19.8 Å². The molecule has 10 heteroatoms. The van der Waals surface area contributed by atoms with Gasteiger partial charge < -0.3 is 29.5 Å². The predicted octanol–water partition coefficient (Wildman–Crippen LogP) is 12.1. The Morgan fingerprint density at radius 1 is 0.412 bits per heavy atom. The molecule has 8 aromatic carbocycles. The normalized spacial score (nSPS) is 17.3. The van der Waals surface area contributed by atoms with E-state index in [-0.39, 0.29) is 13.1 Å². The Morgan fingerprint density at radius 3 is 1.10 bits per heavy atom. The zero-order chi connectivity index (χ0) is 47.3. The fourth-order valence-corrected chi connectivity index (χ4v) is 9.70. The molecule has 1 fully saturated rings. The highest BCUT2D eigenvalue weighted by atomic mass is 16.5. The number of amides is 2. The molecule has 1 aliphatic rings. The van der Waals surface area contributed by atoms with Crippen LogP contribution < -0.4 is 9.47 Å². The van der Waals surface area contributed by atoms with Crippen LogP contribution in [0.1, 0.15) is 48.2 Å². The van der Waals surface area contributed by atoms with Gasteiger partial charge in [-0.2, -0.15) is 0 Å². The van der Waals surface area contributed by atoms with Crippen molar-refractivity contribution in [3.63, 3.8) is 0 Å². The van der Waals surface area contributed by atoms with Crippen LogP contribution in [0.25, 0.3) is 21.5 Å². The molecule has 0 saturated heterocycles. The zero-order valence-electron chi connectivity index (χ0n) is 37.6. The topological polar surface area (TPSA) is 134 Å². The number of benzene rings is 8. The van der Waals surface area contributed by atoms with Crippen molar-refractivity contribution in [2.45, 2.75) is 39.0 Å². The zero-order valence-corrected chi connectivity index (χ0v) is 37.6. The number of rotatable bonds is 16. The van der Waals surface area contributed by atoms with E-state index in [2.05, 4.69) is 0 Å². The summed E-state index contributed by atoms with van der Waals surface area (Å²) in [7, 11) is 0. The van der Waals surface area contributed by atoms with Gasteiger partial charge in [0.05, 0.1) is 35.8 Å². The van der Waals surface area contributed by atoms with E-state index in [4.69, 9.17) is 9.47 Å². The summed E-state index contributed by atoms with van der Waals surface area (Å²) in [5.74, 6) is -8.07. The highest BCUT2D eigenvalue weighted by molar-refractivity contribution is 6.00. The number of carbonyl (C=O) groups is 4. The predicted molar refractivity (Wildman–Crippen MR) is 261 cm³/mol. The highest BCUT2D eigenvalue weighted by Gasteiger charge is 2.65. The number of hydrogen-bond acceptors (Lipinski definition) is 6. The Bertz CT molecular complexity index is 2860. The van der Waals surface area contributed by atoms with E-state index in [0.29, 0.717) is 34.1 Å². The maximum Gasteiger partial charge on any atom is 0.308 e. The minimum atomic E-state index is -1.64. The van der Waals surface area contributed by atoms with Crippen LogP contribution in [0.4, 0.5) is 0 Å². The number of carboxylic acids is 2. The van der Waals surface area contributed by atoms with E-state index in [1.165, 1.54) is 0 Å². The number of nitrogens with zero attached hydrogens (tertiary/aromatic N) is 2. The minimum absolute atomic E-state index is 0.0247. The maximum atomic E-state index is 15.4. The summed E-state index contributed by atoms with van der Waals surface area (Å²) >= 11 is 0. The first-order valence-electron chi connectivity index (χ1n) is 22.7. The molecule has 8 aromatic rings. The summed E-state index contributed by atoms with van der Waals surface area (Å²) in [4.78, 5) is 61.0. The molecular weight excluding hydrogens is 853 g/mol. The van der Waals surface area contributed by atoms with Gasteiger partial charge in [-0.05, 0) is 106 Å². The molecule has 0 aliphatic heterocycles. The molecule has 10 nitrogen and oxygen atoms in total. The van der Waals surface area contributed by atoms with Gasteiger partial charge in [0.1, 0.15) is 23.0 Å². The van der Waals surface area contributed by atoms with Crippen LogP contribution in [0.15, 0.2) is 194 Å². The van der Waals surface area contributed by atoms with Crippen molar-refractivity contribution in [3.8, 4) is 23.0 Å². The van der Waals surface area contributed by atoms with E-state index in [1.807, 2.05) is 184 Å². The number of carbonyl (C=O) groups excluding carboxylic acids is 2. The maximum absolute atomic E-state index is 15.4. The number of fused-ring (bicyclic) bond motifs is 2. The van der Waals surface area contributed by atoms with Crippen LogP contribution in [-0.4, -0.2) is 43.8 Å². The molecule has 1 aliphatic carbocycles. The fraction of sp³-hybridized carbons (Fsp3) is 0.172. The SMILES string of the molecule is C[C@H](c1cccc2ccccc12)N(Cc1ccc(Oc2ccccc2)cc1)C(=O)[C@H]1[C@H](C(=O)O)[C@H](C(=O)N(Cc2ccc(Oc3ccccc3)cc2)[C@H](C)c2cccc3ccccc23)[C@H]1C(=O)O. The molecule has 0 radical (unpaired) electrons. The third-order valence-electron chi connectivity index (χ3n) is 13.2. The molecule has 0 aromatic heterocycles. The molecule has 0 heterocycles. The lowest BCUT2D eigenvalue weighted by Crippen LogP contribution is -2.64. The average Bonchev–Trinajstić information content (AvgIpc) is 3.35. The fourth-order valence-electron chi connectivity index (χ4n) is 9.70. The van der Waals surface area contributed by atoms with Crippen LogP contribution in [0.2, 0.25) is 0 Å². The van der Waals surface area contributed by atoms with Crippen molar-refractivity contribution in [3.05, 3.63) is 216 Å². The van der Waals surface area contributed by atoms with E-state index >= 15 is 9.59 Å². The Hall–Kier alpha value is -8.24. The van der Waals surface area contributed by atoms with Gasteiger partial charge in [-0.15, -0.1) is 0 Å². The second-order valence-electron chi connectivity index (χ2n) is 17.3. The van der Waals surface area contributed by atoms with Gasteiger partial charge in [0.25, 0.3) is 0 Å².